The molecule has 0 spiro atoms. The fraction of sp³-hybridized carbons (Fsp3) is 0.0667. The molecule has 0 amide bonds. The molecule has 0 radical (unpaired) electrons. The second-order valence-electron chi connectivity index (χ2n) is 4.47. The molecule has 1 unspecified atom stereocenters. The van der Waals surface area contributed by atoms with E-state index in [-0.39, 0.29) is 0 Å². The van der Waals surface area contributed by atoms with Crippen molar-refractivity contribution in [2.75, 3.05) is 0 Å². The van der Waals surface area contributed by atoms with Gasteiger partial charge in [-0.3, -0.25) is 0 Å². The predicted molar refractivity (Wildman–Crippen MR) is 81.9 cm³/mol. The van der Waals surface area contributed by atoms with Crippen LogP contribution < -0.4 is 0 Å². The molecule has 0 aliphatic rings. The fourth-order valence-electron chi connectivity index (χ4n) is 1.94. The van der Waals surface area contributed by atoms with Crippen LogP contribution in [0.5, 0.6) is 0 Å². The van der Waals surface area contributed by atoms with Crippen LogP contribution in [0.1, 0.15) is 17.4 Å². The Morgan fingerprint density at radius 3 is 2.48 bits per heavy atom. The molecular weight excluding hydrogens is 309 g/mol. The van der Waals surface area contributed by atoms with E-state index in [1.807, 2.05) is 30.3 Å². The lowest BCUT2D eigenvalue weighted by Gasteiger charge is -2.08. The number of aromatic nitrogens is 3. The number of aliphatic hydroxyl groups excluding tert-OH is 1. The van der Waals surface area contributed by atoms with Crippen LogP contribution in [-0.4, -0.2) is 20.1 Å². The zero-order valence-electron chi connectivity index (χ0n) is 10.8. The Hall–Kier alpha value is -1.88. The molecular formula is C15H11Cl2N3O. The maximum atomic E-state index is 10.3. The van der Waals surface area contributed by atoms with Crippen molar-refractivity contribution in [3.05, 3.63) is 76.0 Å². The van der Waals surface area contributed by atoms with Gasteiger partial charge in [0.1, 0.15) is 11.8 Å². The first-order valence-corrected chi connectivity index (χ1v) is 7.01. The normalized spacial score (nSPS) is 12.3. The summed E-state index contributed by atoms with van der Waals surface area (Å²) in [6, 6.07) is 14.4. The van der Waals surface area contributed by atoms with Crippen LogP contribution in [0.25, 0.3) is 5.69 Å². The lowest BCUT2D eigenvalue weighted by Crippen LogP contribution is -2.03. The van der Waals surface area contributed by atoms with Crippen LogP contribution >= 0.6 is 23.2 Å². The first kappa shape index (κ1) is 14.1. The minimum absolute atomic E-state index is 0.392. The molecule has 0 bridgehead atoms. The van der Waals surface area contributed by atoms with Gasteiger partial charge in [-0.25, -0.2) is 0 Å². The van der Waals surface area contributed by atoms with Crippen molar-refractivity contribution in [2.45, 2.75) is 6.10 Å². The first-order valence-electron chi connectivity index (χ1n) is 6.26. The topological polar surface area (TPSA) is 50.9 Å². The molecule has 1 atom stereocenters. The Kier molecular flexibility index (Phi) is 3.92. The van der Waals surface area contributed by atoms with Gasteiger partial charge in [0.25, 0.3) is 0 Å². The Bertz CT molecular complexity index is 759. The summed E-state index contributed by atoms with van der Waals surface area (Å²) < 4.78 is 0. The van der Waals surface area contributed by atoms with Gasteiger partial charge < -0.3 is 5.11 Å². The van der Waals surface area contributed by atoms with Crippen molar-refractivity contribution in [3.8, 4) is 5.69 Å². The molecule has 0 aliphatic heterocycles. The quantitative estimate of drug-likeness (QED) is 0.801. The second-order valence-corrected chi connectivity index (χ2v) is 5.28. The third kappa shape index (κ3) is 2.93. The summed E-state index contributed by atoms with van der Waals surface area (Å²) >= 11 is 11.8. The van der Waals surface area contributed by atoms with Crippen LogP contribution in [0, 0.1) is 0 Å². The molecule has 3 aromatic rings. The minimum Gasteiger partial charge on any atom is -0.382 e. The number of hydrogen-bond acceptors (Lipinski definition) is 3. The van der Waals surface area contributed by atoms with Crippen LogP contribution in [0.15, 0.2) is 54.7 Å². The Morgan fingerprint density at radius 2 is 1.76 bits per heavy atom. The fourth-order valence-corrected chi connectivity index (χ4v) is 2.25. The second kappa shape index (κ2) is 5.85. The third-order valence-corrected chi connectivity index (χ3v) is 3.78. The number of aliphatic hydroxyl groups is 1. The molecule has 0 aliphatic carbocycles. The third-order valence-electron chi connectivity index (χ3n) is 3.04. The van der Waals surface area contributed by atoms with Gasteiger partial charge in [-0.05, 0) is 29.8 Å². The lowest BCUT2D eigenvalue weighted by atomic mass is 10.1. The molecule has 1 N–H and O–H groups in total. The largest absolute Gasteiger partial charge is 0.382 e. The van der Waals surface area contributed by atoms with E-state index in [1.165, 1.54) is 11.0 Å². The van der Waals surface area contributed by atoms with E-state index in [1.54, 1.807) is 18.2 Å². The number of hydrogen-bond donors (Lipinski definition) is 1. The summed E-state index contributed by atoms with van der Waals surface area (Å²) in [7, 11) is 0. The number of halogens is 2. The lowest BCUT2D eigenvalue weighted by molar-refractivity contribution is 0.214. The van der Waals surface area contributed by atoms with E-state index >= 15 is 0 Å². The minimum atomic E-state index is -0.905. The summed E-state index contributed by atoms with van der Waals surface area (Å²) in [6.45, 7) is 0. The van der Waals surface area contributed by atoms with E-state index in [2.05, 4.69) is 10.2 Å². The molecule has 0 fully saturated rings. The van der Waals surface area contributed by atoms with Crippen molar-refractivity contribution >= 4 is 23.2 Å². The van der Waals surface area contributed by atoms with Gasteiger partial charge in [0.15, 0.2) is 0 Å². The summed E-state index contributed by atoms with van der Waals surface area (Å²) in [5, 5.41) is 19.6. The maximum Gasteiger partial charge on any atom is 0.125 e. The molecule has 1 heterocycles. The Balaban J connectivity index is 1.90. The molecule has 1 aromatic heterocycles. The number of rotatable bonds is 3. The predicted octanol–water partition coefficient (Wildman–Crippen LogP) is 3.66. The summed E-state index contributed by atoms with van der Waals surface area (Å²) in [6.07, 6.45) is 0.623. The van der Waals surface area contributed by atoms with Gasteiger partial charge in [0.2, 0.25) is 0 Å². The van der Waals surface area contributed by atoms with E-state index in [4.69, 9.17) is 23.2 Å². The molecule has 6 heteroatoms. The zero-order chi connectivity index (χ0) is 14.8. The molecule has 106 valence electrons. The smallest absolute Gasteiger partial charge is 0.125 e. The Labute approximate surface area is 131 Å². The standard InChI is InChI=1S/C15H11Cl2N3O/c16-12-7-6-10(8-13(12)17)15(21)14-9-18-20(19-14)11-4-2-1-3-5-11/h1-9,15,21H. The SMILES string of the molecule is OC(c1ccc(Cl)c(Cl)c1)c1cnn(-c2ccccc2)n1. The van der Waals surface area contributed by atoms with Crippen LogP contribution in [0.3, 0.4) is 0 Å². The van der Waals surface area contributed by atoms with Crippen molar-refractivity contribution in [1.82, 2.24) is 15.0 Å². The van der Waals surface area contributed by atoms with Gasteiger partial charge in [-0.2, -0.15) is 15.0 Å². The van der Waals surface area contributed by atoms with Gasteiger partial charge in [-0.15, -0.1) is 0 Å². The number of nitrogens with zero attached hydrogens (tertiary/aromatic N) is 3. The highest BCUT2D eigenvalue weighted by Gasteiger charge is 2.16. The Morgan fingerprint density at radius 1 is 1.00 bits per heavy atom. The number of benzene rings is 2. The van der Waals surface area contributed by atoms with Crippen LogP contribution in [0.2, 0.25) is 10.0 Å². The molecule has 2 aromatic carbocycles. The molecule has 3 rings (SSSR count). The monoisotopic (exact) mass is 319 g/mol. The molecule has 0 saturated heterocycles. The molecule has 0 saturated carbocycles. The average Bonchev–Trinajstić information content (AvgIpc) is 3.00. The van der Waals surface area contributed by atoms with E-state index in [0.717, 1.165) is 5.69 Å². The van der Waals surface area contributed by atoms with Crippen LogP contribution in [-0.2, 0) is 0 Å². The van der Waals surface area contributed by atoms with E-state index in [0.29, 0.717) is 21.3 Å². The van der Waals surface area contributed by atoms with Gasteiger partial charge >= 0.3 is 0 Å². The van der Waals surface area contributed by atoms with Gasteiger partial charge in [0.05, 0.1) is 21.9 Å². The number of para-hydroxylation sites is 1. The van der Waals surface area contributed by atoms with Crippen molar-refractivity contribution in [1.29, 1.82) is 0 Å². The van der Waals surface area contributed by atoms with Crippen molar-refractivity contribution < 1.29 is 5.11 Å². The van der Waals surface area contributed by atoms with Gasteiger partial charge in [-0.1, -0.05) is 47.5 Å². The average molecular weight is 320 g/mol. The van der Waals surface area contributed by atoms with Crippen LogP contribution in [0.4, 0.5) is 0 Å². The van der Waals surface area contributed by atoms with Gasteiger partial charge in [0, 0.05) is 0 Å². The summed E-state index contributed by atoms with van der Waals surface area (Å²) in [5.41, 5.74) is 1.88. The molecule has 21 heavy (non-hydrogen) atoms. The highest BCUT2D eigenvalue weighted by Crippen LogP contribution is 2.28. The summed E-state index contributed by atoms with van der Waals surface area (Å²) in [5.74, 6) is 0. The van der Waals surface area contributed by atoms with E-state index in [9.17, 15) is 5.11 Å². The zero-order valence-corrected chi connectivity index (χ0v) is 12.3. The summed E-state index contributed by atoms with van der Waals surface area (Å²) in [4.78, 5) is 1.47. The maximum absolute atomic E-state index is 10.3. The van der Waals surface area contributed by atoms with Crippen molar-refractivity contribution in [2.24, 2.45) is 0 Å². The first-order chi connectivity index (χ1) is 10.1. The van der Waals surface area contributed by atoms with E-state index < -0.39 is 6.10 Å². The van der Waals surface area contributed by atoms with Crippen molar-refractivity contribution in [3.63, 3.8) is 0 Å². The molecule has 4 nitrogen and oxygen atoms in total. The highest BCUT2D eigenvalue weighted by molar-refractivity contribution is 6.42. The highest BCUT2D eigenvalue weighted by atomic mass is 35.5.